The Labute approximate surface area is 203 Å². The highest BCUT2D eigenvalue weighted by atomic mass is 32.2. The van der Waals surface area contributed by atoms with Crippen LogP contribution in [0.2, 0.25) is 0 Å². The van der Waals surface area contributed by atoms with Crippen molar-refractivity contribution in [2.24, 2.45) is 17.3 Å². The smallest absolute Gasteiger partial charge is 0.300 e. The molecule has 8 heteroatoms. The third-order valence-corrected chi connectivity index (χ3v) is 10.0. The summed E-state index contributed by atoms with van der Waals surface area (Å²) in [5, 5.41) is 4.72. The van der Waals surface area contributed by atoms with Crippen molar-refractivity contribution in [2.45, 2.75) is 70.1 Å². The molecule has 0 aromatic carbocycles. The summed E-state index contributed by atoms with van der Waals surface area (Å²) in [5.74, 6) is 4.50. The third kappa shape index (κ3) is 3.98. The van der Waals surface area contributed by atoms with Crippen molar-refractivity contribution in [2.75, 3.05) is 24.6 Å². The van der Waals surface area contributed by atoms with Gasteiger partial charge >= 0.3 is 6.18 Å². The SMILES string of the molecule is CC(C)n1nc(-c2cccc(C(F)(F)F)n2)cc1C1[C@H]2CC(N3CCC[C@]4(CCSC4)C3)C[C@H]12. The Hall–Kier alpha value is -1.54. The molecule has 2 saturated carbocycles. The van der Waals surface area contributed by atoms with Gasteiger partial charge in [-0.25, -0.2) is 4.98 Å². The van der Waals surface area contributed by atoms with Gasteiger partial charge in [0.1, 0.15) is 11.4 Å². The monoisotopic (exact) mass is 490 g/mol. The zero-order valence-corrected chi connectivity index (χ0v) is 20.7. The predicted octanol–water partition coefficient (Wildman–Crippen LogP) is 6.26. The van der Waals surface area contributed by atoms with Crippen LogP contribution in [0.5, 0.6) is 0 Å². The Morgan fingerprint density at radius 1 is 1.12 bits per heavy atom. The van der Waals surface area contributed by atoms with Gasteiger partial charge in [0.2, 0.25) is 0 Å². The predicted molar refractivity (Wildman–Crippen MR) is 129 cm³/mol. The standard InChI is InChI=1S/C26H33F3N4S/c1-16(2)33-22(13-21(31-33)20-5-3-6-23(30-20)26(27,28)29)24-18-11-17(12-19(18)24)32-9-4-7-25(14-32)8-10-34-15-25/h3,5-6,13,16-19,24H,4,7-12,14-15H2,1-2H3/t17?,18-,19-,24?,25-/m0/s1. The molecule has 2 saturated heterocycles. The van der Waals surface area contributed by atoms with E-state index in [-0.39, 0.29) is 6.04 Å². The first kappa shape index (κ1) is 22.9. The second-order valence-electron chi connectivity index (χ2n) is 11.3. The molecule has 0 radical (unpaired) electrons. The van der Waals surface area contributed by atoms with Gasteiger partial charge in [0.15, 0.2) is 0 Å². The van der Waals surface area contributed by atoms with Crippen molar-refractivity contribution in [3.8, 4) is 11.4 Å². The van der Waals surface area contributed by atoms with Gasteiger partial charge in [-0.3, -0.25) is 9.58 Å². The van der Waals surface area contributed by atoms with Crippen LogP contribution in [0.1, 0.15) is 69.3 Å². The topological polar surface area (TPSA) is 34.0 Å². The molecular weight excluding hydrogens is 457 g/mol. The summed E-state index contributed by atoms with van der Waals surface area (Å²) in [7, 11) is 0. The minimum absolute atomic E-state index is 0.161. The number of aromatic nitrogens is 3. The van der Waals surface area contributed by atoms with Crippen molar-refractivity contribution < 1.29 is 13.2 Å². The van der Waals surface area contributed by atoms with E-state index in [0.29, 0.717) is 40.6 Å². The van der Waals surface area contributed by atoms with E-state index in [2.05, 4.69) is 35.5 Å². The van der Waals surface area contributed by atoms with Crippen LogP contribution < -0.4 is 0 Å². The summed E-state index contributed by atoms with van der Waals surface area (Å²) in [6.07, 6.45) is 2.17. The van der Waals surface area contributed by atoms with Gasteiger partial charge in [0, 0.05) is 36.0 Å². The Bertz CT molecular complexity index is 1050. The average Bonchev–Trinajstić information content (AvgIpc) is 3.26. The lowest BCUT2D eigenvalue weighted by atomic mass is 9.79. The van der Waals surface area contributed by atoms with Crippen LogP contribution in [-0.2, 0) is 6.18 Å². The fraction of sp³-hybridized carbons (Fsp3) is 0.692. The molecule has 34 heavy (non-hydrogen) atoms. The van der Waals surface area contributed by atoms with E-state index in [4.69, 9.17) is 5.10 Å². The maximum Gasteiger partial charge on any atom is 0.433 e. The maximum absolute atomic E-state index is 13.2. The van der Waals surface area contributed by atoms with E-state index in [1.54, 1.807) is 6.07 Å². The van der Waals surface area contributed by atoms with Gasteiger partial charge in [-0.15, -0.1) is 0 Å². The molecule has 4 aliphatic rings. The summed E-state index contributed by atoms with van der Waals surface area (Å²) in [6, 6.07) is 6.94. The van der Waals surface area contributed by atoms with Crippen molar-refractivity contribution in [3.63, 3.8) is 0 Å². The maximum atomic E-state index is 13.2. The van der Waals surface area contributed by atoms with Crippen LogP contribution in [0.3, 0.4) is 0 Å². The van der Waals surface area contributed by atoms with Crippen LogP contribution >= 0.6 is 11.8 Å². The van der Waals surface area contributed by atoms with Crippen molar-refractivity contribution in [1.29, 1.82) is 0 Å². The first-order chi connectivity index (χ1) is 16.2. The molecule has 184 valence electrons. The molecule has 2 aliphatic heterocycles. The van der Waals surface area contributed by atoms with Crippen LogP contribution in [0.4, 0.5) is 13.2 Å². The largest absolute Gasteiger partial charge is 0.433 e. The van der Waals surface area contributed by atoms with E-state index in [1.807, 2.05) is 10.7 Å². The van der Waals surface area contributed by atoms with Crippen molar-refractivity contribution in [1.82, 2.24) is 19.7 Å². The summed E-state index contributed by atoms with van der Waals surface area (Å²) >= 11 is 2.13. The third-order valence-electron chi connectivity index (χ3n) is 8.71. The minimum atomic E-state index is -4.45. The molecule has 4 nitrogen and oxygen atoms in total. The molecule has 4 heterocycles. The van der Waals surface area contributed by atoms with E-state index in [0.717, 1.165) is 6.07 Å². The lowest BCUT2D eigenvalue weighted by Gasteiger charge is -2.43. The molecule has 2 aliphatic carbocycles. The highest BCUT2D eigenvalue weighted by molar-refractivity contribution is 7.99. The van der Waals surface area contributed by atoms with Crippen molar-refractivity contribution in [3.05, 3.63) is 35.7 Å². The number of fused-ring (bicyclic) bond motifs is 1. The number of rotatable bonds is 4. The second-order valence-corrected chi connectivity index (χ2v) is 12.4. The molecular formula is C26H33F3N4S. The molecule has 0 unspecified atom stereocenters. The highest BCUT2D eigenvalue weighted by Crippen LogP contribution is 2.64. The minimum Gasteiger partial charge on any atom is -0.300 e. The van der Waals surface area contributed by atoms with Gasteiger partial charge < -0.3 is 0 Å². The number of nitrogens with zero attached hydrogens (tertiary/aromatic N) is 4. The summed E-state index contributed by atoms with van der Waals surface area (Å²) in [4.78, 5) is 6.68. The molecule has 0 amide bonds. The van der Waals surface area contributed by atoms with E-state index in [9.17, 15) is 13.2 Å². The van der Waals surface area contributed by atoms with Crippen LogP contribution in [0.25, 0.3) is 11.4 Å². The lowest BCUT2D eigenvalue weighted by molar-refractivity contribution is -0.141. The van der Waals surface area contributed by atoms with E-state index >= 15 is 0 Å². The average molecular weight is 491 g/mol. The fourth-order valence-corrected chi connectivity index (χ4v) is 8.54. The number of alkyl halides is 3. The zero-order chi connectivity index (χ0) is 23.7. The van der Waals surface area contributed by atoms with Gasteiger partial charge in [0.05, 0.1) is 5.69 Å². The summed E-state index contributed by atoms with van der Waals surface area (Å²) < 4.78 is 41.6. The number of halogens is 3. The zero-order valence-electron chi connectivity index (χ0n) is 19.9. The number of pyridine rings is 1. The second kappa shape index (κ2) is 8.26. The Morgan fingerprint density at radius 3 is 2.59 bits per heavy atom. The van der Waals surface area contributed by atoms with Gasteiger partial charge in [-0.1, -0.05) is 6.07 Å². The molecule has 0 N–H and O–H groups in total. The molecule has 2 aromatic rings. The van der Waals surface area contributed by atoms with Gasteiger partial charge in [-0.2, -0.15) is 30.0 Å². The molecule has 3 atom stereocenters. The number of hydrogen-bond acceptors (Lipinski definition) is 4. The van der Waals surface area contributed by atoms with Gasteiger partial charge in [0.25, 0.3) is 0 Å². The molecule has 4 fully saturated rings. The highest BCUT2D eigenvalue weighted by Gasteiger charge is 2.59. The van der Waals surface area contributed by atoms with Gasteiger partial charge in [-0.05, 0) is 93.7 Å². The first-order valence-electron chi connectivity index (χ1n) is 12.7. The number of hydrogen-bond donors (Lipinski definition) is 0. The lowest BCUT2D eigenvalue weighted by Crippen LogP contribution is -2.47. The summed E-state index contributed by atoms with van der Waals surface area (Å²) in [5.41, 5.74) is 1.73. The van der Waals surface area contributed by atoms with Crippen LogP contribution in [-0.4, -0.2) is 50.3 Å². The fourth-order valence-electron chi connectivity index (χ4n) is 7.01. The van der Waals surface area contributed by atoms with E-state index in [1.165, 1.54) is 68.5 Å². The Morgan fingerprint density at radius 2 is 1.91 bits per heavy atom. The Kier molecular flexibility index (Phi) is 5.56. The molecule has 0 bridgehead atoms. The van der Waals surface area contributed by atoms with Crippen LogP contribution in [0.15, 0.2) is 24.3 Å². The molecule has 6 rings (SSSR count). The van der Waals surface area contributed by atoms with Crippen molar-refractivity contribution >= 4 is 11.8 Å². The molecule has 1 spiro atoms. The normalized spacial score (nSPS) is 32.1. The number of likely N-dealkylation sites (tertiary alicyclic amines) is 1. The Balaban J connectivity index is 1.19. The van der Waals surface area contributed by atoms with Crippen LogP contribution in [0, 0.1) is 17.3 Å². The summed E-state index contributed by atoms with van der Waals surface area (Å²) in [6.45, 7) is 6.71. The number of thioether (sulfide) groups is 1. The van der Waals surface area contributed by atoms with E-state index < -0.39 is 11.9 Å². The quantitative estimate of drug-likeness (QED) is 0.507. The molecule has 2 aromatic heterocycles. The number of piperidine rings is 1. The first-order valence-corrected chi connectivity index (χ1v) is 13.9.